The molecular formula is C30H52N2O6. The summed E-state index contributed by atoms with van der Waals surface area (Å²) < 4.78 is 22.1. The van der Waals surface area contributed by atoms with Crippen molar-refractivity contribution in [3.63, 3.8) is 0 Å². The Morgan fingerprint density at radius 2 is 1.89 bits per heavy atom. The number of nitrogens with two attached hydrogens (primary N) is 1. The van der Waals surface area contributed by atoms with E-state index in [-0.39, 0.29) is 29.7 Å². The minimum Gasteiger partial charge on any atom is -0.493 e. The molecule has 0 saturated carbocycles. The molecule has 8 nitrogen and oxygen atoms in total. The minimum absolute atomic E-state index is 0.0154. The third-order valence-corrected chi connectivity index (χ3v) is 7.63. The fraction of sp³-hybridized carbons (Fsp3) is 0.767. The van der Waals surface area contributed by atoms with Gasteiger partial charge in [0.15, 0.2) is 11.5 Å². The van der Waals surface area contributed by atoms with Crippen molar-refractivity contribution in [1.29, 1.82) is 0 Å². The van der Waals surface area contributed by atoms with Crippen LogP contribution >= 0.6 is 0 Å². The number of aliphatic hydroxyl groups is 1. The van der Waals surface area contributed by atoms with E-state index in [1.54, 1.807) is 14.2 Å². The number of methoxy groups -OCH3 is 2. The first-order chi connectivity index (χ1) is 18.2. The van der Waals surface area contributed by atoms with Crippen LogP contribution in [-0.4, -0.2) is 69.8 Å². The van der Waals surface area contributed by atoms with E-state index in [0.29, 0.717) is 44.3 Å². The third kappa shape index (κ3) is 10.7. The van der Waals surface area contributed by atoms with Crippen LogP contribution in [0.2, 0.25) is 0 Å². The van der Waals surface area contributed by atoms with Crippen LogP contribution in [-0.2, 0) is 20.7 Å². The Morgan fingerprint density at radius 3 is 2.50 bits per heavy atom. The first kappa shape index (κ1) is 32.3. The Morgan fingerprint density at radius 1 is 1.13 bits per heavy atom. The molecule has 1 aromatic carbocycles. The molecule has 1 aliphatic heterocycles. The van der Waals surface area contributed by atoms with Gasteiger partial charge in [0.2, 0.25) is 5.91 Å². The molecule has 1 fully saturated rings. The lowest BCUT2D eigenvalue weighted by Gasteiger charge is -2.31. The molecule has 218 valence electrons. The van der Waals surface area contributed by atoms with Crippen molar-refractivity contribution >= 4 is 5.91 Å². The van der Waals surface area contributed by atoms with Crippen LogP contribution in [0, 0.1) is 23.7 Å². The van der Waals surface area contributed by atoms with Gasteiger partial charge >= 0.3 is 0 Å². The van der Waals surface area contributed by atoms with Gasteiger partial charge in [-0.15, -0.1) is 0 Å². The van der Waals surface area contributed by atoms with Gasteiger partial charge in [-0.25, -0.2) is 0 Å². The molecule has 1 aliphatic rings. The second kappa shape index (κ2) is 17.0. The van der Waals surface area contributed by atoms with Crippen molar-refractivity contribution in [1.82, 2.24) is 5.32 Å². The van der Waals surface area contributed by atoms with Crippen molar-refractivity contribution in [2.45, 2.75) is 84.4 Å². The number of nitrogens with one attached hydrogen (secondary N) is 1. The van der Waals surface area contributed by atoms with Gasteiger partial charge in [0.05, 0.1) is 32.5 Å². The van der Waals surface area contributed by atoms with Gasteiger partial charge in [-0.2, -0.15) is 0 Å². The normalized spacial score (nSPS) is 19.2. The summed E-state index contributed by atoms with van der Waals surface area (Å²) in [6.45, 7) is 10.9. The molecule has 1 amide bonds. The van der Waals surface area contributed by atoms with Gasteiger partial charge in [-0.3, -0.25) is 4.79 Å². The quantitative estimate of drug-likeness (QED) is 0.258. The van der Waals surface area contributed by atoms with Crippen molar-refractivity contribution < 1.29 is 28.8 Å². The molecule has 0 aromatic heterocycles. The molecule has 0 spiro atoms. The van der Waals surface area contributed by atoms with Crippen LogP contribution in [0.25, 0.3) is 0 Å². The molecule has 1 unspecified atom stereocenters. The van der Waals surface area contributed by atoms with Crippen LogP contribution in [0.4, 0.5) is 0 Å². The average molecular weight is 537 g/mol. The second-order valence-corrected chi connectivity index (χ2v) is 11.4. The molecule has 0 bridgehead atoms. The van der Waals surface area contributed by atoms with Gasteiger partial charge in [0.25, 0.3) is 0 Å². The number of benzene rings is 1. The topological polar surface area (TPSA) is 112 Å². The number of aliphatic hydroxyl groups excluding tert-OH is 1. The Kier molecular flexibility index (Phi) is 14.4. The molecular weight excluding hydrogens is 484 g/mol. The van der Waals surface area contributed by atoms with Crippen LogP contribution in [0.5, 0.6) is 11.5 Å². The van der Waals surface area contributed by atoms with Crippen molar-refractivity contribution in [2.24, 2.45) is 29.4 Å². The maximum absolute atomic E-state index is 13.0. The minimum atomic E-state index is -0.757. The molecule has 0 radical (unpaired) electrons. The van der Waals surface area contributed by atoms with Gasteiger partial charge in [-0.05, 0) is 67.6 Å². The number of rotatable bonds is 17. The Balaban J connectivity index is 2.00. The Bertz CT molecular complexity index is 812. The smallest absolute Gasteiger partial charge is 0.223 e. The predicted molar refractivity (Wildman–Crippen MR) is 151 cm³/mol. The largest absolute Gasteiger partial charge is 0.493 e. The van der Waals surface area contributed by atoms with Gasteiger partial charge in [0, 0.05) is 38.7 Å². The maximum atomic E-state index is 13.0. The summed E-state index contributed by atoms with van der Waals surface area (Å²) >= 11 is 0. The standard InChI is InChI=1S/C30H52N2O6/c1-20(2)23(15-22-10-11-28(36-6)29(16-22)38-14-8-12-35-5)17-26(31)27(33)18-25(21(3)4)30(34)32-24-9-7-13-37-19-24/h10-11,16,20-21,23-27,33H,7-9,12-15,17-19,31H2,1-6H3,(H,32,34)/t23-,24?,25-,26-,27-/m0/s1. The van der Waals surface area contributed by atoms with Gasteiger partial charge in [-0.1, -0.05) is 33.8 Å². The molecule has 1 saturated heterocycles. The van der Waals surface area contributed by atoms with E-state index in [0.717, 1.165) is 43.6 Å². The fourth-order valence-corrected chi connectivity index (χ4v) is 5.03. The molecule has 5 atom stereocenters. The predicted octanol–water partition coefficient (Wildman–Crippen LogP) is 3.96. The molecule has 1 heterocycles. The van der Waals surface area contributed by atoms with Gasteiger partial charge in [0.1, 0.15) is 0 Å². The molecule has 1 aromatic rings. The highest BCUT2D eigenvalue weighted by Crippen LogP contribution is 2.32. The maximum Gasteiger partial charge on any atom is 0.223 e. The number of amides is 1. The van der Waals surface area contributed by atoms with Crippen molar-refractivity contribution in [2.75, 3.05) is 40.6 Å². The zero-order valence-electron chi connectivity index (χ0n) is 24.4. The number of carbonyl (C=O) groups is 1. The second-order valence-electron chi connectivity index (χ2n) is 11.4. The van der Waals surface area contributed by atoms with E-state index in [1.165, 1.54) is 0 Å². The van der Waals surface area contributed by atoms with Crippen LogP contribution in [0.3, 0.4) is 0 Å². The monoisotopic (exact) mass is 536 g/mol. The van der Waals surface area contributed by atoms with Gasteiger partial charge < -0.3 is 35.1 Å². The Hall–Kier alpha value is -1.87. The number of ether oxygens (including phenoxy) is 4. The Labute approximate surface area is 229 Å². The van der Waals surface area contributed by atoms with E-state index >= 15 is 0 Å². The average Bonchev–Trinajstić information content (AvgIpc) is 2.89. The zero-order valence-corrected chi connectivity index (χ0v) is 24.4. The van der Waals surface area contributed by atoms with E-state index < -0.39 is 12.1 Å². The number of carbonyl (C=O) groups excluding carboxylic acids is 1. The zero-order chi connectivity index (χ0) is 28.1. The summed E-state index contributed by atoms with van der Waals surface area (Å²) in [7, 11) is 3.32. The van der Waals surface area contributed by atoms with Crippen molar-refractivity contribution in [3.05, 3.63) is 23.8 Å². The third-order valence-electron chi connectivity index (χ3n) is 7.63. The lowest BCUT2D eigenvalue weighted by molar-refractivity contribution is -0.129. The lowest BCUT2D eigenvalue weighted by Crippen LogP contribution is -2.47. The molecule has 8 heteroatoms. The molecule has 4 N–H and O–H groups in total. The van der Waals surface area contributed by atoms with Crippen molar-refractivity contribution in [3.8, 4) is 11.5 Å². The summed E-state index contributed by atoms with van der Waals surface area (Å²) in [6.07, 6.45) is 3.76. The molecule has 2 rings (SSSR count). The van der Waals surface area contributed by atoms with E-state index in [2.05, 4.69) is 25.2 Å². The van der Waals surface area contributed by atoms with Crippen LogP contribution < -0.4 is 20.5 Å². The van der Waals surface area contributed by atoms with E-state index in [9.17, 15) is 9.90 Å². The summed E-state index contributed by atoms with van der Waals surface area (Å²) in [5.74, 6) is 1.86. The first-order valence-electron chi connectivity index (χ1n) is 14.3. The number of hydrogen-bond acceptors (Lipinski definition) is 7. The number of hydrogen-bond donors (Lipinski definition) is 3. The van der Waals surface area contributed by atoms with Crippen LogP contribution in [0.1, 0.15) is 65.4 Å². The summed E-state index contributed by atoms with van der Waals surface area (Å²) in [6, 6.07) is 5.67. The highest BCUT2D eigenvalue weighted by molar-refractivity contribution is 5.79. The summed E-state index contributed by atoms with van der Waals surface area (Å²) in [5, 5.41) is 14.2. The molecule has 0 aliphatic carbocycles. The summed E-state index contributed by atoms with van der Waals surface area (Å²) in [4.78, 5) is 13.0. The molecule has 38 heavy (non-hydrogen) atoms. The lowest BCUT2D eigenvalue weighted by atomic mass is 9.80. The summed E-state index contributed by atoms with van der Waals surface area (Å²) in [5.41, 5.74) is 7.69. The highest BCUT2D eigenvalue weighted by atomic mass is 16.5. The fourth-order valence-electron chi connectivity index (χ4n) is 5.03. The first-order valence-corrected chi connectivity index (χ1v) is 14.3. The van der Waals surface area contributed by atoms with E-state index in [1.807, 2.05) is 26.0 Å². The van der Waals surface area contributed by atoms with Crippen LogP contribution in [0.15, 0.2) is 18.2 Å². The van der Waals surface area contributed by atoms with E-state index in [4.69, 9.17) is 24.7 Å². The highest BCUT2D eigenvalue weighted by Gasteiger charge is 2.31. The SMILES string of the molecule is COCCCOc1cc(C[C@@H](C[C@H](N)[C@@H](O)C[C@H](C(=O)NC2CCCOC2)C(C)C)C(C)C)ccc1OC.